The molecule has 0 bridgehead atoms. The molecule has 2 heterocycles. The van der Waals surface area contributed by atoms with Crippen LogP contribution in [0.4, 0.5) is 0 Å². The first-order chi connectivity index (χ1) is 9.67. The van der Waals surface area contributed by atoms with Gasteiger partial charge in [0.25, 0.3) is 0 Å². The molecule has 0 aromatic carbocycles. The van der Waals surface area contributed by atoms with Crippen molar-refractivity contribution in [1.82, 2.24) is 4.98 Å². The number of carbonyl (C=O) groups is 2. The van der Waals surface area contributed by atoms with Gasteiger partial charge in [0.15, 0.2) is 0 Å². The van der Waals surface area contributed by atoms with Gasteiger partial charge in [-0.2, -0.15) is 0 Å². The Hall–Kier alpha value is -1.43. The molecule has 7 heteroatoms. The van der Waals surface area contributed by atoms with Gasteiger partial charge in [-0.05, 0) is 0 Å². The van der Waals surface area contributed by atoms with Gasteiger partial charge in [-0.15, -0.1) is 0 Å². The van der Waals surface area contributed by atoms with Crippen LogP contribution in [0.2, 0.25) is 0 Å². The topological polar surface area (TPSA) is 65.5 Å². The molecule has 0 amide bonds. The molecule has 20 heavy (non-hydrogen) atoms. The molecule has 0 spiro atoms. The van der Waals surface area contributed by atoms with E-state index in [2.05, 4.69) is 4.98 Å². The van der Waals surface area contributed by atoms with Crippen molar-refractivity contribution in [2.75, 3.05) is 13.2 Å². The van der Waals surface area contributed by atoms with Crippen LogP contribution < -0.4 is 0 Å². The molecule has 0 aliphatic heterocycles. The van der Waals surface area contributed by atoms with E-state index in [4.69, 9.17) is 9.47 Å². The number of nitrogens with zero attached hydrogens (tertiary/aromatic N) is 1. The second-order valence-electron chi connectivity index (χ2n) is 3.61. The van der Waals surface area contributed by atoms with E-state index in [9.17, 15) is 9.59 Å². The van der Waals surface area contributed by atoms with E-state index >= 15 is 0 Å². The number of carbonyl (C=O) groups excluding carboxylic acids is 2. The van der Waals surface area contributed by atoms with Crippen LogP contribution in [0, 0.1) is 0 Å². The summed E-state index contributed by atoms with van der Waals surface area (Å²) in [5, 5.41) is 1.93. The summed E-state index contributed by atoms with van der Waals surface area (Å²) in [5.41, 5.74) is 0.0914. The first-order valence-corrected chi connectivity index (χ1v) is 8.65. The molecule has 0 aliphatic rings. The van der Waals surface area contributed by atoms with Crippen LogP contribution in [0.5, 0.6) is 0 Å². The third-order valence-corrected chi connectivity index (χ3v) is 5.70. The van der Waals surface area contributed by atoms with Crippen molar-refractivity contribution in [3.05, 3.63) is 27.6 Å². The summed E-state index contributed by atoms with van der Waals surface area (Å²) >= 11 is 1.19. The van der Waals surface area contributed by atoms with Gasteiger partial charge in [-0.25, -0.2) is 0 Å². The maximum atomic E-state index is 11.9. The van der Waals surface area contributed by atoms with E-state index in [0.717, 1.165) is 9.44 Å². The molecule has 5 nitrogen and oxygen atoms in total. The van der Waals surface area contributed by atoms with E-state index in [0.29, 0.717) is 4.44 Å². The van der Waals surface area contributed by atoms with Crippen LogP contribution in [0.25, 0.3) is 9.44 Å². The Morgan fingerprint density at radius 2 is 1.95 bits per heavy atom. The van der Waals surface area contributed by atoms with E-state index in [1.165, 1.54) is 11.3 Å². The third-order valence-electron chi connectivity index (χ3n) is 2.29. The number of aromatic nitrogens is 1. The molecule has 0 saturated carbocycles. The number of ether oxygens (including phenoxy) is 2. The fourth-order valence-corrected chi connectivity index (χ4v) is 4.44. The summed E-state index contributed by atoms with van der Waals surface area (Å²) in [7, 11) is 0. The monoisotopic (exact) mass is 359 g/mol. The van der Waals surface area contributed by atoms with Crippen molar-refractivity contribution in [3.63, 3.8) is 0 Å². The molecular weight excluding hydrogens is 345 g/mol. The van der Waals surface area contributed by atoms with E-state index < -0.39 is 11.9 Å². The molecule has 0 saturated heterocycles. The van der Waals surface area contributed by atoms with Gasteiger partial charge in [-0.1, -0.05) is 0 Å². The number of rotatable bonds is 5. The Balaban J connectivity index is 2.41. The van der Waals surface area contributed by atoms with Crippen LogP contribution in [0.1, 0.15) is 33.6 Å². The molecule has 0 atom stereocenters. The van der Waals surface area contributed by atoms with Gasteiger partial charge in [-0.3, -0.25) is 0 Å². The first-order valence-electron chi connectivity index (χ1n) is 6.06. The number of hydrogen-bond acceptors (Lipinski definition) is 6. The summed E-state index contributed by atoms with van der Waals surface area (Å²) < 4.78 is 11.0. The standard InChI is InChI=1S/C13H13NO4SSe/c1-3-17-12(15)9-10(13(16)18-4-2)20-11(14-9)8-6-5-7-19-8/h5-7H,3-4H2,1-2H3. The summed E-state index contributed by atoms with van der Waals surface area (Å²) in [5.74, 6) is -1.05. The van der Waals surface area contributed by atoms with Crippen molar-refractivity contribution in [1.29, 1.82) is 0 Å². The Kier molecular flexibility index (Phi) is 5.11. The zero-order chi connectivity index (χ0) is 14.5. The zero-order valence-electron chi connectivity index (χ0n) is 11.0. The Bertz CT molecular complexity index is 570. The Labute approximate surface area is 126 Å². The number of thiophene rings is 1. The van der Waals surface area contributed by atoms with Crippen molar-refractivity contribution < 1.29 is 19.1 Å². The molecule has 2 rings (SSSR count). The average molecular weight is 358 g/mol. The van der Waals surface area contributed by atoms with Crippen molar-refractivity contribution in [2.45, 2.75) is 13.8 Å². The van der Waals surface area contributed by atoms with Crippen molar-refractivity contribution >= 4 is 37.8 Å². The Morgan fingerprint density at radius 1 is 1.25 bits per heavy atom. The maximum absolute atomic E-state index is 11.9. The van der Waals surface area contributed by atoms with Crippen LogP contribution in [0.3, 0.4) is 0 Å². The second kappa shape index (κ2) is 6.83. The normalized spacial score (nSPS) is 10.3. The van der Waals surface area contributed by atoms with Gasteiger partial charge in [0.05, 0.1) is 0 Å². The third kappa shape index (κ3) is 3.17. The molecule has 2 aromatic rings. The molecule has 0 fully saturated rings. The first kappa shape index (κ1) is 15.0. The van der Waals surface area contributed by atoms with E-state index in [-0.39, 0.29) is 33.4 Å². The zero-order valence-corrected chi connectivity index (χ0v) is 13.6. The average Bonchev–Trinajstić information content (AvgIpc) is 3.08. The predicted molar refractivity (Wildman–Crippen MR) is 76.4 cm³/mol. The van der Waals surface area contributed by atoms with Gasteiger partial charge in [0, 0.05) is 0 Å². The van der Waals surface area contributed by atoms with E-state index in [1.807, 2.05) is 17.5 Å². The minimum absolute atomic E-state index is 0.0914. The van der Waals surface area contributed by atoms with Gasteiger partial charge in [0.1, 0.15) is 0 Å². The summed E-state index contributed by atoms with van der Waals surface area (Å²) in [6.45, 7) is 3.95. The van der Waals surface area contributed by atoms with Crippen molar-refractivity contribution in [3.8, 4) is 9.44 Å². The SMILES string of the molecule is CCOC(=O)c1nc(-c2cccs2)[se]c1C(=O)OCC. The van der Waals surface area contributed by atoms with Crippen molar-refractivity contribution in [2.24, 2.45) is 0 Å². The van der Waals surface area contributed by atoms with Crippen LogP contribution >= 0.6 is 11.3 Å². The Morgan fingerprint density at radius 3 is 2.55 bits per heavy atom. The number of hydrogen-bond donors (Lipinski definition) is 0. The van der Waals surface area contributed by atoms with Gasteiger partial charge >= 0.3 is 126 Å². The number of esters is 2. The summed E-state index contributed by atoms with van der Waals surface area (Å²) in [6, 6.07) is 3.83. The molecule has 0 unspecified atom stereocenters. The second-order valence-corrected chi connectivity index (χ2v) is 6.66. The summed E-state index contributed by atoms with van der Waals surface area (Å²) in [6.07, 6.45) is 0. The predicted octanol–water partition coefficient (Wildman–Crippen LogP) is 2.22. The molecule has 0 aliphatic carbocycles. The molecular formula is C13H13NO4SSe. The van der Waals surface area contributed by atoms with Gasteiger partial charge in [0.2, 0.25) is 0 Å². The van der Waals surface area contributed by atoms with Crippen LogP contribution in [0.15, 0.2) is 17.5 Å². The molecule has 106 valence electrons. The van der Waals surface area contributed by atoms with Gasteiger partial charge < -0.3 is 0 Å². The molecule has 0 radical (unpaired) electrons. The van der Waals surface area contributed by atoms with Crippen LogP contribution in [-0.2, 0) is 9.47 Å². The summed E-state index contributed by atoms with van der Waals surface area (Å²) in [4.78, 5) is 29.1. The molecule has 0 N–H and O–H groups in total. The molecule has 2 aromatic heterocycles. The van der Waals surface area contributed by atoms with Crippen LogP contribution in [-0.4, -0.2) is 44.6 Å². The minimum atomic E-state index is -0.566. The quantitative estimate of drug-likeness (QED) is 0.606. The van der Waals surface area contributed by atoms with E-state index in [1.54, 1.807) is 13.8 Å². The fourth-order valence-electron chi connectivity index (χ4n) is 1.50. The fraction of sp³-hybridized carbons (Fsp3) is 0.308.